The Hall–Kier alpha value is -2.04. The van der Waals surface area contributed by atoms with Crippen molar-refractivity contribution in [3.63, 3.8) is 0 Å². The van der Waals surface area contributed by atoms with E-state index in [9.17, 15) is 9.59 Å². The van der Waals surface area contributed by atoms with Crippen LogP contribution in [0.15, 0.2) is 24.3 Å². The second kappa shape index (κ2) is 5.73. The van der Waals surface area contributed by atoms with Gasteiger partial charge in [0.05, 0.1) is 0 Å². The summed E-state index contributed by atoms with van der Waals surface area (Å²) in [6, 6.07) is 6.55. The molecule has 1 aliphatic heterocycles. The Morgan fingerprint density at radius 1 is 1.21 bits per heavy atom. The summed E-state index contributed by atoms with van der Waals surface area (Å²) in [5.41, 5.74) is 6.45. The van der Waals surface area contributed by atoms with E-state index in [0.29, 0.717) is 5.56 Å². The van der Waals surface area contributed by atoms with E-state index in [2.05, 4.69) is 5.32 Å². The van der Waals surface area contributed by atoms with Crippen LogP contribution in [0.2, 0.25) is 0 Å². The fourth-order valence-corrected chi connectivity index (χ4v) is 2.25. The first-order valence-electron chi connectivity index (χ1n) is 6.53. The summed E-state index contributed by atoms with van der Waals surface area (Å²) in [7, 11) is 0. The van der Waals surface area contributed by atoms with Crippen LogP contribution in [0.5, 0.6) is 0 Å². The van der Waals surface area contributed by atoms with E-state index in [1.807, 2.05) is 11.8 Å². The lowest BCUT2D eigenvalue weighted by Gasteiger charge is -2.21. The minimum absolute atomic E-state index is 0.122. The highest BCUT2D eigenvalue weighted by Gasteiger charge is 2.22. The number of nitrogens with two attached hydrogens (primary N) is 1. The molecule has 1 heterocycles. The van der Waals surface area contributed by atoms with Gasteiger partial charge in [0.25, 0.3) is 0 Å². The predicted octanol–water partition coefficient (Wildman–Crippen LogP) is 1.21. The zero-order valence-electron chi connectivity index (χ0n) is 11.1. The van der Waals surface area contributed by atoms with Crippen LogP contribution in [0, 0.1) is 0 Å². The van der Waals surface area contributed by atoms with Gasteiger partial charge in [-0.1, -0.05) is 0 Å². The second-order valence-electron chi connectivity index (χ2n) is 4.84. The minimum Gasteiger partial charge on any atom is -0.374 e. The molecule has 2 amide bonds. The Bertz CT molecular complexity index is 464. The zero-order valence-corrected chi connectivity index (χ0v) is 11.1. The monoisotopic (exact) mass is 261 g/mol. The van der Waals surface area contributed by atoms with Gasteiger partial charge in [-0.3, -0.25) is 9.59 Å². The number of carbonyl (C=O) groups excluding carboxylic acids is 2. The number of benzene rings is 1. The molecule has 0 saturated carbocycles. The lowest BCUT2D eigenvalue weighted by atomic mass is 10.2. The topological polar surface area (TPSA) is 75.4 Å². The number of carbonyl (C=O) groups is 2. The van der Waals surface area contributed by atoms with E-state index in [1.165, 1.54) is 0 Å². The Labute approximate surface area is 112 Å². The number of nitrogens with zero attached hydrogens (tertiary/aromatic N) is 1. The molecule has 5 heteroatoms. The third-order valence-corrected chi connectivity index (χ3v) is 3.34. The number of primary amides is 1. The minimum atomic E-state index is -0.451. The summed E-state index contributed by atoms with van der Waals surface area (Å²) in [6.07, 6.45) is 2.18. The van der Waals surface area contributed by atoms with E-state index < -0.39 is 5.91 Å². The summed E-state index contributed by atoms with van der Waals surface area (Å²) < 4.78 is 0. The van der Waals surface area contributed by atoms with Gasteiger partial charge in [-0.2, -0.15) is 0 Å². The molecule has 102 valence electrons. The van der Waals surface area contributed by atoms with E-state index >= 15 is 0 Å². The van der Waals surface area contributed by atoms with Crippen LogP contribution in [-0.2, 0) is 4.79 Å². The lowest BCUT2D eigenvalue weighted by Crippen LogP contribution is -2.39. The average molecular weight is 261 g/mol. The number of hydrogen-bond donors (Lipinski definition) is 2. The highest BCUT2D eigenvalue weighted by atomic mass is 16.2. The van der Waals surface area contributed by atoms with Crippen LogP contribution in [0.1, 0.15) is 30.1 Å². The number of nitrogens with one attached hydrogen (secondary N) is 1. The van der Waals surface area contributed by atoms with Gasteiger partial charge in [-0.25, -0.2) is 0 Å². The van der Waals surface area contributed by atoms with Crippen LogP contribution in [0.25, 0.3) is 0 Å². The van der Waals surface area contributed by atoms with E-state index in [0.717, 1.165) is 31.6 Å². The molecule has 0 aliphatic carbocycles. The van der Waals surface area contributed by atoms with Crippen LogP contribution in [-0.4, -0.2) is 35.8 Å². The fourth-order valence-electron chi connectivity index (χ4n) is 2.25. The summed E-state index contributed by atoms with van der Waals surface area (Å²) >= 11 is 0. The molecule has 0 radical (unpaired) electrons. The predicted molar refractivity (Wildman–Crippen MR) is 73.9 cm³/mol. The molecule has 3 N–H and O–H groups in total. The molecule has 1 aliphatic rings. The van der Waals surface area contributed by atoms with Crippen molar-refractivity contribution < 1.29 is 9.59 Å². The zero-order chi connectivity index (χ0) is 13.8. The number of likely N-dealkylation sites (tertiary alicyclic amines) is 1. The third kappa shape index (κ3) is 3.24. The summed E-state index contributed by atoms with van der Waals surface area (Å²) in [4.78, 5) is 25.0. The molecule has 19 heavy (non-hydrogen) atoms. The van der Waals surface area contributed by atoms with Crippen LogP contribution < -0.4 is 11.1 Å². The Kier molecular flexibility index (Phi) is 4.04. The lowest BCUT2D eigenvalue weighted by molar-refractivity contribution is -0.130. The SMILES string of the molecule is CC(Nc1ccc(C(N)=O)cc1)C(=O)N1CCCC1. The van der Waals surface area contributed by atoms with Gasteiger partial charge >= 0.3 is 0 Å². The number of anilines is 1. The first-order valence-corrected chi connectivity index (χ1v) is 6.53. The van der Waals surface area contributed by atoms with Gasteiger partial charge in [-0.15, -0.1) is 0 Å². The van der Waals surface area contributed by atoms with Crippen molar-refractivity contribution in [1.82, 2.24) is 4.90 Å². The highest BCUT2D eigenvalue weighted by Crippen LogP contribution is 2.14. The van der Waals surface area contributed by atoms with Crippen molar-refractivity contribution in [2.24, 2.45) is 5.73 Å². The highest BCUT2D eigenvalue weighted by molar-refractivity contribution is 5.93. The number of rotatable bonds is 4. The second-order valence-corrected chi connectivity index (χ2v) is 4.84. The maximum absolute atomic E-state index is 12.1. The van der Waals surface area contributed by atoms with Crippen molar-refractivity contribution in [2.75, 3.05) is 18.4 Å². The van der Waals surface area contributed by atoms with E-state index in [1.54, 1.807) is 24.3 Å². The van der Waals surface area contributed by atoms with Crippen molar-refractivity contribution >= 4 is 17.5 Å². The summed E-state index contributed by atoms with van der Waals surface area (Å²) in [5.74, 6) is -0.329. The molecule has 5 nitrogen and oxygen atoms in total. The fraction of sp³-hybridized carbons (Fsp3) is 0.429. The van der Waals surface area contributed by atoms with Gasteiger partial charge in [0.1, 0.15) is 6.04 Å². The Balaban J connectivity index is 1.96. The van der Waals surface area contributed by atoms with E-state index in [-0.39, 0.29) is 11.9 Å². The molecular formula is C14H19N3O2. The largest absolute Gasteiger partial charge is 0.374 e. The van der Waals surface area contributed by atoms with Crippen LogP contribution >= 0.6 is 0 Å². The molecule has 1 atom stereocenters. The van der Waals surface area contributed by atoms with Gasteiger partial charge in [-0.05, 0) is 44.0 Å². The summed E-state index contributed by atoms with van der Waals surface area (Å²) in [6.45, 7) is 3.56. The molecule has 1 aromatic carbocycles. The van der Waals surface area contributed by atoms with Gasteiger partial charge in [0.15, 0.2) is 0 Å². The molecule has 0 spiro atoms. The van der Waals surface area contributed by atoms with Crippen LogP contribution in [0.3, 0.4) is 0 Å². The van der Waals surface area contributed by atoms with Crippen molar-refractivity contribution in [2.45, 2.75) is 25.8 Å². The molecule has 1 saturated heterocycles. The molecule has 1 aromatic rings. The summed E-state index contributed by atoms with van der Waals surface area (Å²) in [5, 5.41) is 3.14. The molecule has 0 bridgehead atoms. The van der Waals surface area contributed by atoms with Gasteiger partial charge in [0, 0.05) is 24.3 Å². The normalized spacial score (nSPS) is 16.2. The molecule has 2 rings (SSSR count). The molecule has 0 aromatic heterocycles. The third-order valence-electron chi connectivity index (χ3n) is 3.34. The first kappa shape index (κ1) is 13.4. The smallest absolute Gasteiger partial charge is 0.248 e. The van der Waals surface area contributed by atoms with Crippen molar-refractivity contribution in [3.05, 3.63) is 29.8 Å². The average Bonchev–Trinajstić information content (AvgIpc) is 2.92. The van der Waals surface area contributed by atoms with Gasteiger partial charge in [0.2, 0.25) is 11.8 Å². The molecule has 1 unspecified atom stereocenters. The van der Waals surface area contributed by atoms with Crippen molar-refractivity contribution in [3.8, 4) is 0 Å². The van der Waals surface area contributed by atoms with E-state index in [4.69, 9.17) is 5.73 Å². The van der Waals surface area contributed by atoms with Gasteiger partial charge < -0.3 is 16.0 Å². The number of amides is 2. The number of hydrogen-bond acceptors (Lipinski definition) is 3. The van der Waals surface area contributed by atoms with Crippen molar-refractivity contribution in [1.29, 1.82) is 0 Å². The van der Waals surface area contributed by atoms with Crippen LogP contribution in [0.4, 0.5) is 5.69 Å². The molecule has 1 fully saturated rings. The standard InChI is InChI=1S/C14H19N3O2/c1-10(14(19)17-8-2-3-9-17)16-12-6-4-11(5-7-12)13(15)18/h4-7,10,16H,2-3,8-9H2,1H3,(H2,15,18). The molecular weight excluding hydrogens is 242 g/mol. The Morgan fingerprint density at radius 2 is 1.79 bits per heavy atom. The maximum Gasteiger partial charge on any atom is 0.248 e. The Morgan fingerprint density at radius 3 is 2.32 bits per heavy atom. The quantitative estimate of drug-likeness (QED) is 0.855. The maximum atomic E-state index is 12.1. The first-order chi connectivity index (χ1) is 9.08.